The molecule has 1 aliphatic heterocycles. The van der Waals surface area contributed by atoms with Crippen molar-refractivity contribution in [3.63, 3.8) is 0 Å². The van der Waals surface area contributed by atoms with Crippen LogP contribution in [0.1, 0.15) is 38.3 Å². The molecular weight excluding hydrogens is 252 g/mol. The van der Waals surface area contributed by atoms with Gasteiger partial charge in [0.25, 0.3) is 5.91 Å². The van der Waals surface area contributed by atoms with Crippen molar-refractivity contribution in [1.29, 1.82) is 0 Å². The Hall–Kier alpha value is -1.68. The molecule has 108 valence electrons. The Labute approximate surface area is 120 Å². The summed E-state index contributed by atoms with van der Waals surface area (Å²) < 4.78 is 0. The maximum atomic E-state index is 12.5. The summed E-state index contributed by atoms with van der Waals surface area (Å²) in [5, 5.41) is 3.22. The highest BCUT2D eigenvalue weighted by molar-refractivity contribution is 6.22. The predicted molar refractivity (Wildman–Crippen MR) is 79.7 cm³/mol. The molecule has 1 N–H and O–H groups in total. The lowest BCUT2D eigenvalue weighted by Gasteiger charge is -2.25. The number of amides is 2. The number of anilines is 1. The fraction of sp³-hybridized carbons (Fsp3) is 0.500. The second-order valence-corrected chi connectivity index (χ2v) is 6.44. The maximum absolute atomic E-state index is 12.5. The molecule has 1 atom stereocenters. The third-order valence-electron chi connectivity index (χ3n) is 3.57. The molecule has 0 radical (unpaired) electrons. The Kier molecular flexibility index (Phi) is 3.69. The molecule has 0 spiro atoms. The number of aryl methyl sites for hydroxylation is 1. The van der Waals surface area contributed by atoms with E-state index in [2.05, 4.69) is 5.32 Å². The first kappa shape index (κ1) is 14.7. The molecule has 1 saturated heterocycles. The van der Waals surface area contributed by atoms with Crippen molar-refractivity contribution in [2.45, 2.75) is 52.6 Å². The lowest BCUT2D eigenvalue weighted by Crippen LogP contribution is -2.47. The molecular formula is C16H22N2O2. The van der Waals surface area contributed by atoms with E-state index in [-0.39, 0.29) is 23.8 Å². The number of imide groups is 1. The lowest BCUT2D eigenvalue weighted by atomic mass is 10.1. The van der Waals surface area contributed by atoms with Crippen LogP contribution in [0, 0.1) is 13.8 Å². The van der Waals surface area contributed by atoms with E-state index in [1.165, 1.54) is 4.90 Å². The summed E-state index contributed by atoms with van der Waals surface area (Å²) in [6, 6.07) is 5.26. The molecule has 4 nitrogen and oxygen atoms in total. The standard InChI is InChI=1S/C16H22N2O2/c1-10-7-6-8-13(11(10)2)18-14(19)9-12(15(18)20)17-16(3,4)5/h6-8,12,17H,9H2,1-5H3. The van der Waals surface area contributed by atoms with Gasteiger partial charge in [0.2, 0.25) is 5.91 Å². The van der Waals surface area contributed by atoms with Gasteiger partial charge in [-0.3, -0.25) is 9.59 Å². The summed E-state index contributed by atoms with van der Waals surface area (Å²) in [6.07, 6.45) is 0.226. The van der Waals surface area contributed by atoms with Gasteiger partial charge in [-0.15, -0.1) is 0 Å². The van der Waals surface area contributed by atoms with Crippen molar-refractivity contribution >= 4 is 17.5 Å². The minimum absolute atomic E-state index is 0.134. The Bertz CT molecular complexity index is 558. The fourth-order valence-corrected chi connectivity index (χ4v) is 2.50. The van der Waals surface area contributed by atoms with E-state index in [0.717, 1.165) is 11.1 Å². The Morgan fingerprint density at radius 1 is 1.20 bits per heavy atom. The molecule has 0 bridgehead atoms. The van der Waals surface area contributed by atoms with Gasteiger partial charge in [0, 0.05) is 5.54 Å². The average Bonchev–Trinajstić information content (AvgIpc) is 2.57. The molecule has 0 aromatic heterocycles. The molecule has 0 aliphatic carbocycles. The number of benzene rings is 1. The van der Waals surface area contributed by atoms with Gasteiger partial charge in [-0.25, -0.2) is 4.90 Å². The number of nitrogens with one attached hydrogen (secondary N) is 1. The van der Waals surface area contributed by atoms with Gasteiger partial charge in [0.05, 0.1) is 18.2 Å². The number of rotatable bonds is 2. The monoisotopic (exact) mass is 274 g/mol. The predicted octanol–water partition coefficient (Wildman–Crippen LogP) is 2.32. The average molecular weight is 274 g/mol. The van der Waals surface area contributed by atoms with Crippen molar-refractivity contribution in [2.75, 3.05) is 4.90 Å². The zero-order chi connectivity index (χ0) is 15.1. The van der Waals surface area contributed by atoms with E-state index in [1.807, 2.05) is 52.8 Å². The summed E-state index contributed by atoms with van der Waals surface area (Å²) >= 11 is 0. The smallest absolute Gasteiger partial charge is 0.251 e. The van der Waals surface area contributed by atoms with Crippen LogP contribution in [-0.2, 0) is 9.59 Å². The van der Waals surface area contributed by atoms with Crippen LogP contribution in [0.2, 0.25) is 0 Å². The Balaban J connectivity index is 2.32. The van der Waals surface area contributed by atoms with Gasteiger partial charge >= 0.3 is 0 Å². The van der Waals surface area contributed by atoms with Crippen molar-refractivity contribution in [1.82, 2.24) is 5.32 Å². The van der Waals surface area contributed by atoms with Gasteiger partial charge < -0.3 is 5.32 Å². The van der Waals surface area contributed by atoms with Gasteiger partial charge in [0.15, 0.2) is 0 Å². The fourth-order valence-electron chi connectivity index (χ4n) is 2.50. The number of carbonyl (C=O) groups is 2. The van der Waals surface area contributed by atoms with E-state index in [0.29, 0.717) is 5.69 Å². The third-order valence-corrected chi connectivity index (χ3v) is 3.57. The van der Waals surface area contributed by atoms with E-state index in [1.54, 1.807) is 0 Å². The van der Waals surface area contributed by atoms with E-state index >= 15 is 0 Å². The second-order valence-electron chi connectivity index (χ2n) is 6.44. The minimum atomic E-state index is -0.428. The SMILES string of the molecule is Cc1cccc(N2C(=O)CC(NC(C)(C)C)C2=O)c1C. The van der Waals surface area contributed by atoms with Crippen LogP contribution in [0.15, 0.2) is 18.2 Å². The van der Waals surface area contributed by atoms with Crippen molar-refractivity contribution in [3.8, 4) is 0 Å². The summed E-state index contributed by atoms with van der Waals surface area (Å²) in [5.74, 6) is -0.288. The minimum Gasteiger partial charge on any atom is -0.301 e. The van der Waals surface area contributed by atoms with Gasteiger partial charge in [-0.2, -0.15) is 0 Å². The van der Waals surface area contributed by atoms with Crippen molar-refractivity contribution in [3.05, 3.63) is 29.3 Å². The number of carbonyl (C=O) groups excluding carboxylic acids is 2. The van der Waals surface area contributed by atoms with E-state index in [4.69, 9.17) is 0 Å². The number of hydrogen-bond acceptors (Lipinski definition) is 3. The first-order valence-corrected chi connectivity index (χ1v) is 6.91. The highest BCUT2D eigenvalue weighted by Crippen LogP contribution is 2.28. The topological polar surface area (TPSA) is 49.4 Å². The first-order chi connectivity index (χ1) is 9.20. The van der Waals surface area contributed by atoms with Crippen LogP contribution in [0.4, 0.5) is 5.69 Å². The molecule has 1 aliphatic rings. The van der Waals surface area contributed by atoms with Crippen LogP contribution in [0.5, 0.6) is 0 Å². The molecule has 1 heterocycles. The first-order valence-electron chi connectivity index (χ1n) is 6.91. The zero-order valence-electron chi connectivity index (χ0n) is 12.8. The third kappa shape index (κ3) is 2.75. The van der Waals surface area contributed by atoms with Gasteiger partial charge in [-0.05, 0) is 51.8 Å². The summed E-state index contributed by atoms with van der Waals surface area (Å²) in [4.78, 5) is 26.0. The Morgan fingerprint density at radius 2 is 1.85 bits per heavy atom. The number of hydrogen-bond donors (Lipinski definition) is 1. The molecule has 20 heavy (non-hydrogen) atoms. The lowest BCUT2D eigenvalue weighted by molar-refractivity contribution is -0.121. The van der Waals surface area contributed by atoms with Crippen molar-refractivity contribution < 1.29 is 9.59 Å². The normalized spacial score (nSPS) is 19.9. The van der Waals surface area contributed by atoms with E-state index < -0.39 is 6.04 Å². The molecule has 2 rings (SSSR count). The summed E-state index contributed by atoms with van der Waals surface area (Å²) in [5.41, 5.74) is 2.57. The largest absolute Gasteiger partial charge is 0.301 e. The highest BCUT2D eigenvalue weighted by atomic mass is 16.2. The highest BCUT2D eigenvalue weighted by Gasteiger charge is 2.41. The molecule has 2 amide bonds. The summed E-state index contributed by atoms with van der Waals surface area (Å²) in [7, 11) is 0. The molecule has 1 aromatic rings. The maximum Gasteiger partial charge on any atom is 0.251 e. The van der Waals surface area contributed by atoms with Crippen LogP contribution in [0.3, 0.4) is 0 Å². The van der Waals surface area contributed by atoms with Crippen LogP contribution in [0.25, 0.3) is 0 Å². The molecule has 1 fully saturated rings. The Morgan fingerprint density at radius 3 is 2.45 bits per heavy atom. The van der Waals surface area contributed by atoms with Gasteiger partial charge in [0.1, 0.15) is 0 Å². The zero-order valence-corrected chi connectivity index (χ0v) is 12.8. The molecule has 1 aromatic carbocycles. The number of nitrogens with zero attached hydrogens (tertiary/aromatic N) is 1. The quantitative estimate of drug-likeness (QED) is 0.842. The summed E-state index contributed by atoms with van der Waals surface area (Å²) in [6.45, 7) is 9.90. The van der Waals surface area contributed by atoms with E-state index in [9.17, 15) is 9.59 Å². The molecule has 1 unspecified atom stereocenters. The molecule has 0 saturated carbocycles. The van der Waals surface area contributed by atoms with Crippen molar-refractivity contribution in [2.24, 2.45) is 0 Å². The van der Waals surface area contributed by atoms with Crippen LogP contribution >= 0.6 is 0 Å². The van der Waals surface area contributed by atoms with Crippen LogP contribution < -0.4 is 10.2 Å². The second kappa shape index (κ2) is 5.02. The van der Waals surface area contributed by atoms with Gasteiger partial charge in [-0.1, -0.05) is 12.1 Å². The van der Waals surface area contributed by atoms with Crippen LogP contribution in [-0.4, -0.2) is 23.4 Å². The molecule has 4 heteroatoms.